The minimum absolute atomic E-state index is 0.144. The van der Waals surface area contributed by atoms with Gasteiger partial charge in [-0.15, -0.1) is 0 Å². The van der Waals surface area contributed by atoms with E-state index in [0.717, 1.165) is 18.4 Å². The number of hydrogen-bond donors (Lipinski definition) is 8. The number of fused-ring (bicyclic) bond motifs is 7. The summed E-state index contributed by atoms with van der Waals surface area (Å²) in [6.45, 7) is 13.3. The van der Waals surface area contributed by atoms with Gasteiger partial charge in [-0.25, -0.2) is 9.59 Å². The molecule has 7 rings (SSSR count). The van der Waals surface area contributed by atoms with Crippen molar-refractivity contribution in [3.05, 3.63) is 11.6 Å². The molecule has 0 aromatic heterocycles. The monoisotopic (exact) mass is 825 g/mol. The maximum absolute atomic E-state index is 15.0. The largest absolute Gasteiger partial charge is 0.481 e. The normalized spacial score (nSPS) is 55.4. The van der Waals surface area contributed by atoms with E-state index < -0.39 is 131 Å². The minimum atomic E-state index is -2.67. The van der Waals surface area contributed by atoms with Gasteiger partial charge in [-0.1, -0.05) is 47.1 Å². The van der Waals surface area contributed by atoms with Crippen molar-refractivity contribution in [1.82, 2.24) is 0 Å². The van der Waals surface area contributed by atoms with Gasteiger partial charge in [0.15, 0.2) is 30.6 Å². The Kier molecular flexibility index (Phi) is 9.74. The Morgan fingerprint density at radius 1 is 0.759 bits per heavy atom. The highest BCUT2D eigenvalue weighted by Gasteiger charge is 2.71. The van der Waals surface area contributed by atoms with Crippen molar-refractivity contribution in [2.24, 2.45) is 50.2 Å². The van der Waals surface area contributed by atoms with Crippen LogP contribution < -0.4 is 0 Å². The molecule has 5 aliphatic carbocycles. The van der Waals surface area contributed by atoms with E-state index >= 15 is 0 Å². The van der Waals surface area contributed by atoms with Crippen LogP contribution in [0.15, 0.2) is 11.6 Å². The molecule has 326 valence electrons. The molecule has 0 radical (unpaired) electrons. The van der Waals surface area contributed by atoms with E-state index in [1.807, 2.05) is 6.92 Å². The Bertz CT molecular complexity index is 1880. The quantitative estimate of drug-likeness (QED) is 0.171. The highest BCUT2D eigenvalue weighted by molar-refractivity contribution is 5.95. The summed E-state index contributed by atoms with van der Waals surface area (Å²) in [4.78, 5) is 51.6. The Balaban J connectivity index is 1.25. The smallest absolute Gasteiger partial charge is 0.335 e. The first-order valence-corrected chi connectivity index (χ1v) is 20.4. The third-order valence-corrected chi connectivity index (χ3v) is 16.6. The fourth-order valence-electron chi connectivity index (χ4n) is 12.7. The number of carboxylic acids is 3. The lowest BCUT2D eigenvalue weighted by atomic mass is 9.33. The van der Waals surface area contributed by atoms with Gasteiger partial charge in [0.1, 0.15) is 36.6 Å². The summed E-state index contributed by atoms with van der Waals surface area (Å²) >= 11 is 0. The van der Waals surface area contributed by atoms with Gasteiger partial charge in [0, 0.05) is 8.66 Å². The molecule has 0 amide bonds. The highest BCUT2D eigenvalue weighted by atomic mass is 16.8. The van der Waals surface area contributed by atoms with Crippen molar-refractivity contribution < 1.29 is 83.1 Å². The first kappa shape index (κ1) is 39.6. The summed E-state index contributed by atoms with van der Waals surface area (Å²) in [5.41, 5.74) is -4.03. The van der Waals surface area contributed by atoms with E-state index in [-0.39, 0.29) is 23.5 Å². The maximum Gasteiger partial charge on any atom is 0.335 e. The summed E-state index contributed by atoms with van der Waals surface area (Å²) in [6, 6.07) is 0. The van der Waals surface area contributed by atoms with Gasteiger partial charge in [0.05, 0.1) is 12.9 Å². The van der Waals surface area contributed by atoms with E-state index in [1.165, 1.54) is 0 Å². The van der Waals surface area contributed by atoms with Crippen LogP contribution in [0.1, 0.15) is 110 Å². The average molecular weight is 826 g/mol. The topological polar surface area (TPSA) is 267 Å². The van der Waals surface area contributed by atoms with E-state index in [4.69, 9.17) is 18.9 Å². The fourth-order valence-corrected chi connectivity index (χ4v) is 12.7. The zero-order valence-corrected chi connectivity index (χ0v) is 34.1. The molecule has 0 aromatic rings. The van der Waals surface area contributed by atoms with Crippen molar-refractivity contribution in [1.29, 1.82) is 0 Å². The molecule has 2 saturated heterocycles. The predicted molar refractivity (Wildman–Crippen MR) is 199 cm³/mol. The molecule has 1 unspecified atom stereocenters. The third-order valence-electron chi connectivity index (χ3n) is 16.6. The Morgan fingerprint density at radius 3 is 1.95 bits per heavy atom. The molecule has 16 heteroatoms. The number of hydrogen-bond acceptors (Lipinski definition) is 13. The van der Waals surface area contributed by atoms with Crippen LogP contribution in [-0.2, 0) is 38.1 Å². The number of allylic oxidation sites excluding steroid dienone is 2. The molecule has 0 spiro atoms. The van der Waals surface area contributed by atoms with Crippen LogP contribution in [0.4, 0.5) is 0 Å². The molecule has 0 aromatic carbocycles. The number of carbonyl (C=O) groups is 4. The summed E-state index contributed by atoms with van der Waals surface area (Å²) in [7, 11) is 0. The number of aliphatic carboxylic acids is 3. The molecule has 19 atom stereocenters. The molecule has 2 aliphatic heterocycles. The number of rotatable bonds is 7. The van der Waals surface area contributed by atoms with Crippen LogP contribution >= 0.6 is 0 Å². The third kappa shape index (κ3) is 6.25. The van der Waals surface area contributed by atoms with Gasteiger partial charge in [-0.05, 0) is 110 Å². The van der Waals surface area contributed by atoms with Crippen molar-refractivity contribution in [2.75, 3.05) is 0 Å². The van der Waals surface area contributed by atoms with Crippen LogP contribution in [0.3, 0.4) is 0 Å². The van der Waals surface area contributed by atoms with Crippen molar-refractivity contribution >= 4 is 23.7 Å². The molecule has 58 heavy (non-hydrogen) atoms. The van der Waals surface area contributed by atoms with Crippen LogP contribution in [-0.4, -0.2) is 132 Å². The Morgan fingerprint density at radius 2 is 1.34 bits per heavy atom. The molecule has 8 N–H and O–H groups in total. The lowest BCUT2D eigenvalue weighted by molar-refractivity contribution is -0.371. The Labute approximate surface area is 342 Å². The second-order valence-electron chi connectivity index (χ2n) is 20.2. The molecule has 0 bridgehead atoms. The van der Waals surface area contributed by atoms with Crippen LogP contribution in [0.25, 0.3) is 0 Å². The van der Waals surface area contributed by atoms with Gasteiger partial charge in [0.2, 0.25) is 0 Å². The van der Waals surface area contributed by atoms with Crippen LogP contribution in [0, 0.1) is 50.2 Å². The number of carboxylic acid groups (broad SMARTS) is 3. The number of carbonyl (C=O) groups excluding carboxylic acids is 1. The first-order chi connectivity index (χ1) is 27.9. The van der Waals surface area contributed by atoms with E-state index in [0.29, 0.717) is 32.1 Å². The van der Waals surface area contributed by atoms with Crippen molar-refractivity contribution in [3.8, 4) is 0 Å². The summed E-state index contributed by atoms with van der Waals surface area (Å²) < 4.78 is 52.1. The molecule has 2 heterocycles. The van der Waals surface area contributed by atoms with Gasteiger partial charge in [-0.2, -0.15) is 0 Å². The second kappa shape index (κ2) is 14.3. The molecule has 7 aliphatic rings. The lowest BCUT2D eigenvalue weighted by Crippen LogP contribution is -2.68. The SMILES string of the molecule is [2H]C1([2H])C[C@]2(C)C3C(=O)C=C4[C@@H]5C[C@@](C)(C(=O)O)CC[C@]5(C)CC[C@@]4(C)[C@]3(C)CC[C@H]2C(C)(C)[C@]1([2H])O[C@H]1O[C@H](C(=O)O)[C@@H](O)[C@H](O)[C@H]1O[C@@H]1O[C@H](C(=O)O)[C@@H](O)[C@H](O)[C@H]1O. The summed E-state index contributed by atoms with van der Waals surface area (Å²) in [5.74, 6) is -6.02. The second-order valence-corrected chi connectivity index (χ2v) is 20.2. The average Bonchev–Trinajstić information content (AvgIpc) is 3.14. The summed E-state index contributed by atoms with van der Waals surface area (Å²) in [6.07, 6.45) is -21.6. The standard InChI is InChI=1S/C42H62O16/c1-37(2)21-8-11-42(7)31(20(43)16-18-19-17-39(4,36(53)54)13-12-38(19,3)14-15-41(18,42)6)40(21,5)10-9-22(37)55-35-30(26(47)25(46)29(57-35)33(51)52)58-34-27(48)23(44)24(45)28(56-34)32(49)50/h16,19,21-31,34-35,44-48H,8-15,17H2,1-7H3,(H,49,50)(H,51,52)(H,53,54)/t19-,21-,22+,23-,24-,25-,26-,27+,28-,29-,30+,31?,34-,35-,38+,39-,40-,41+,42+/m0/s1/i9D2,22D. The Hall–Kier alpha value is -2.54. The molecular weight excluding hydrogens is 760 g/mol. The maximum atomic E-state index is 15.0. The van der Waals surface area contributed by atoms with E-state index in [1.54, 1.807) is 26.8 Å². The summed E-state index contributed by atoms with van der Waals surface area (Å²) in [5, 5.41) is 83.3. The zero-order chi connectivity index (χ0) is 45.6. The number of aliphatic hydroxyl groups excluding tert-OH is 5. The van der Waals surface area contributed by atoms with E-state index in [2.05, 4.69) is 20.8 Å². The van der Waals surface area contributed by atoms with E-state index in [9.17, 15) is 64.1 Å². The molecule has 6 fully saturated rings. The minimum Gasteiger partial charge on any atom is -0.481 e. The first-order valence-electron chi connectivity index (χ1n) is 21.9. The zero-order valence-electron chi connectivity index (χ0n) is 37.1. The van der Waals surface area contributed by atoms with Gasteiger partial charge in [0.25, 0.3) is 0 Å². The fraction of sp³-hybridized carbons (Fsp3) is 0.857. The number of ether oxygens (including phenoxy) is 4. The molecule has 16 nitrogen and oxygen atoms in total. The van der Waals surface area contributed by atoms with Crippen LogP contribution in [0.2, 0.25) is 0 Å². The lowest BCUT2D eigenvalue weighted by Gasteiger charge is -2.70. The highest BCUT2D eigenvalue weighted by Crippen LogP contribution is 2.75. The number of aliphatic hydroxyl groups is 5. The van der Waals surface area contributed by atoms with Gasteiger partial charge >= 0.3 is 17.9 Å². The number of ketones is 1. The van der Waals surface area contributed by atoms with Gasteiger partial charge < -0.3 is 59.8 Å². The molecular formula is C42H62O16. The van der Waals surface area contributed by atoms with Crippen LogP contribution in [0.5, 0.6) is 0 Å². The van der Waals surface area contributed by atoms with Crippen molar-refractivity contribution in [2.45, 2.75) is 174 Å². The van der Waals surface area contributed by atoms with Crippen molar-refractivity contribution in [3.63, 3.8) is 0 Å². The predicted octanol–water partition coefficient (Wildman–Crippen LogP) is 2.25. The van der Waals surface area contributed by atoms with Gasteiger partial charge in [-0.3, -0.25) is 9.59 Å². The molecule has 4 saturated carbocycles.